The Bertz CT molecular complexity index is 631. The molecular weight excluding hydrogens is 355 g/mol. The van der Waals surface area contributed by atoms with Crippen LogP contribution in [0.3, 0.4) is 0 Å². The summed E-state index contributed by atoms with van der Waals surface area (Å²) in [6.45, 7) is 4.27. The van der Waals surface area contributed by atoms with Crippen LogP contribution in [-0.4, -0.2) is 74.1 Å². The van der Waals surface area contributed by atoms with Gasteiger partial charge in [0.1, 0.15) is 17.8 Å². The molecule has 10 nitrogen and oxygen atoms in total. The number of carboxylic acid groups (broad SMARTS) is 1. The van der Waals surface area contributed by atoms with Gasteiger partial charge in [0.2, 0.25) is 5.91 Å². The van der Waals surface area contributed by atoms with E-state index in [0.29, 0.717) is 25.8 Å². The molecule has 147 valence electrons. The van der Waals surface area contributed by atoms with Crippen LogP contribution in [0, 0.1) is 5.92 Å². The van der Waals surface area contributed by atoms with Crippen LogP contribution in [-0.2, 0) is 9.59 Å². The zero-order chi connectivity index (χ0) is 20.4. The highest BCUT2D eigenvalue weighted by atomic mass is 16.4. The molecule has 2 atom stereocenters. The van der Waals surface area contributed by atoms with Gasteiger partial charge in [0.15, 0.2) is 0 Å². The molecule has 27 heavy (non-hydrogen) atoms. The van der Waals surface area contributed by atoms with Crippen LogP contribution < -0.4 is 5.32 Å². The van der Waals surface area contributed by atoms with Gasteiger partial charge in [-0.05, 0) is 25.2 Å². The average molecular weight is 379 g/mol. The Balaban J connectivity index is 0.00000114. The summed E-state index contributed by atoms with van der Waals surface area (Å²) in [7, 11) is 0. The predicted molar refractivity (Wildman–Crippen MR) is 95.3 cm³/mol. The first-order valence-electron chi connectivity index (χ1n) is 8.52. The number of rotatable bonds is 6. The van der Waals surface area contributed by atoms with Crippen molar-refractivity contribution in [3.05, 3.63) is 24.3 Å². The van der Waals surface area contributed by atoms with Gasteiger partial charge in [-0.2, -0.15) is 0 Å². The molecule has 2 rings (SSSR count). The largest absolute Gasteiger partial charge is 0.482 e. The van der Waals surface area contributed by atoms with Gasteiger partial charge >= 0.3 is 13.7 Å². The summed E-state index contributed by atoms with van der Waals surface area (Å²) < 4.78 is 0. The molecule has 2 amide bonds. The minimum absolute atomic E-state index is 0. The first kappa shape index (κ1) is 22.5. The number of nitrogens with zero attached hydrogens (tertiary/aromatic N) is 3. The van der Waals surface area contributed by atoms with E-state index in [9.17, 15) is 19.5 Å². The van der Waals surface area contributed by atoms with E-state index >= 15 is 0 Å². The van der Waals surface area contributed by atoms with Crippen molar-refractivity contribution in [3.63, 3.8) is 0 Å². The van der Waals surface area contributed by atoms with Crippen LogP contribution >= 0.6 is 0 Å². The smallest absolute Gasteiger partial charge is 0.480 e. The molecule has 1 aromatic heterocycles. The average Bonchev–Trinajstić information content (AvgIpc) is 3.11. The lowest BCUT2D eigenvalue weighted by Crippen LogP contribution is -2.52. The summed E-state index contributed by atoms with van der Waals surface area (Å²) in [6.07, 6.45) is 5.68. The van der Waals surface area contributed by atoms with Crippen molar-refractivity contribution in [1.29, 1.82) is 0 Å². The van der Waals surface area contributed by atoms with E-state index in [2.05, 4.69) is 15.3 Å². The van der Waals surface area contributed by atoms with Gasteiger partial charge in [-0.3, -0.25) is 14.6 Å². The van der Waals surface area contributed by atoms with E-state index in [0.717, 1.165) is 0 Å². The van der Waals surface area contributed by atoms with Crippen molar-refractivity contribution in [1.82, 2.24) is 20.2 Å². The predicted octanol–water partition coefficient (Wildman–Crippen LogP) is -0.798. The van der Waals surface area contributed by atoms with E-state index < -0.39 is 24.0 Å². The lowest BCUT2D eigenvalue weighted by molar-refractivity contribution is -0.149. The Kier molecular flexibility index (Phi) is 9.38. The third-order valence-corrected chi connectivity index (χ3v) is 3.93. The number of carbonyl (C=O) groups excluding carboxylic acids is 2. The molecule has 0 spiro atoms. The number of amides is 2. The molecule has 1 radical (unpaired) electrons. The van der Waals surface area contributed by atoms with E-state index in [1.807, 2.05) is 13.8 Å². The second-order valence-electron chi connectivity index (χ2n) is 6.39. The minimum atomic E-state index is -1.01. The van der Waals surface area contributed by atoms with Crippen LogP contribution in [0.2, 0.25) is 0 Å². The van der Waals surface area contributed by atoms with Gasteiger partial charge in [0.05, 0.1) is 6.20 Å². The maximum absolute atomic E-state index is 12.8. The summed E-state index contributed by atoms with van der Waals surface area (Å²) in [4.78, 5) is 45.5. The van der Waals surface area contributed by atoms with Crippen molar-refractivity contribution < 1.29 is 29.5 Å². The molecule has 1 aromatic rings. The van der Waals surface area contributed by atoms with E-state index in [-0.39, 0.29) is 25.2 Å². The van der Waals surface area contributed by atoms with E-state index in [1.54, 1.807) is 0 Å². The van der Waals surface area contributed by atoms with Gasteiger partial charge in [-0.25, -0.2) is 9.78 Å². The van der Waals surface area contributed by atoms with Crippen LogP contribution in [0.25, 0.3) is 0 Å². The zero-order valence-electron chi connectivity index (χ0n) is 15.3. The molecule has 0 aliphatic carbocycles. The van der Waals surface area contributed by atoms with Gasteiger partial charge in [-0.15, -0.1) is 0 Å². The molecule has 1 aliphatic rings. The lowest BCUT2D eigenvalue weighted by atomic mass is 10.0. The summed E-state index contributed by atoms with van der Waals surface area (Å²) in [5.41, 5.74) is 0.121. The SMILES string of the molecule is CC(C)CC(NC(=O)c1cnccn1)C(=O)N1CCC[C@H]1C(=O)O.O[B]O. The number of hydrogen-bond acceptors (Lipinski definition) is 7. The fourth-order valence-corrected chi connectivity index (χ4v) is 2.83. The highest BCUT2D eigenvalue weighted by Crippen LogP contribution is 2.20. The molecule has 1 saturated heterocycles. The summed E-state index contributed by atoms with van der Waals surface area (Å²) in [5, 5.41) is 25.9. The molecule has 2 heterocycles. The van der Waals surface area contributed by atoms with Crippen molar-refractivity contribution in [2.75, 3.05) is 6.54 Å². The second kappa shape index (κ2) is 11.2. The van der Waals surface area contributed by atoms with Crippen LogP contribution in [0.1, 0.15) is 43.6 Å². The summed E-state index contributed by atoms with van der Waals surface area (Å²) >= 11 is 0. The molecular formula is C16H24BN4O6. The van der Waals surface area contributed by atoms with Crippen LogP contribution in [0.15, 0.2) is 18.6 Å². The van der Waals surface area contributed by atoms with Crippen molar-refractivity contribution in [2.24, 2.45) is 5.92 Å². The van der Waals surface area contributed by atoms with Crippen LogP contribution in [0.4, 0.5) is 0 Å². The number of aromatic nitrogens is 2. The minimum Gasteiger partial charge on any atom is -0.480 e. The first-order valence-corrected chi connectivity index (χ1v) is 8.52. The lowest BCUT2D eigenvalue weighted by Gasteiger charge is -2.28. The molecule has 0 bridgehead atoms. The Morgan fingerprint density at radius 2 is 2.00 bits per heavy atom. The number of hydrogen-bond donors (Lipinski definition) is 4. The Hall–Kier alpha value is -2.53. The monoisotopic (exact) mass is 379 g/mol. The molecule has 1 fully saturated rings. The zero-order valence-corrected chi connectivity index (χ0v) is 15.3. The molecule has 4 N–H and O–H groups in total. The van der Waals surface area contributed by atoms with E-state index in [1.165, 1.54) is 23.5 Å². The third kappa shape index (κ3) is 6.95. The van der Waals surface area contributed by atoms with Gasteiger partial charge in [-0.1, -0.05) is 13.8 Å². The van der Waals surface area contributed by atoms with Gasteiger partial charge < -0.3 is 25.4 Å². The third-order valence-electron chi connectivity index (χ3n) is 3.93. The maximum Gasteiger partial charge on any atom is 0.482 e. The quantitative estimate of drug-likeness (QED) is 0.469. The molecule has 0 saturated carbocycles. The van der Waals surface area contributed by atoms with Crippen molar-refractivity contribution >= 4 is 25.5 Å². The molecule has 1 unspecified atom stereocenters. The summed E-state index contributed by atoms with van der Waals surface area (Å²) in [6, 6.07) is -1.60. The van der Waals surface area contributed by atoms with Crippen LogP contribution in [0.5, 0.6) is 0 Å². The van der Waals surface area contributed by atoms with Crippen molar-refractivity contribution in [3.8, 4) is 0 Å². The van der Waals surface area contributed by atoms with Crippen molar-refractivity contribution in [2.45, 2.75) is 45.2 Å². The fourth-order valence-electron chi connectivity index (χ4n) is 2.83. The Morgan fingerprint density at radius 1 is 1.33 bits per heavy atom. The highest BCUT2D eigenvalue weighted by molar-refractivity contribution is 6.13. The van der Waals surface area contributed by atoms with Gasteiger partial charge in [0, 0.05) is 18.9 Å². The maximum atomic E-state index is 12.8. The normalized spacial score (nSPS) is 16.9. The number of carboxylic acids is 1. The number of nitrogens with one attached hydrogen (secondary N) is 1. The molecule has 11 heteroatoms. The fraction of sp³-hybridized carbons (Fsp3) is 0.562. The summed E-state index contributed by atoms with van der Waals surface area (Å²) in [5.74, 6) is -1.70. The standard InChI is InChI=1S/C16H22N4O4.BH2O2/c1-10(2)8-11(19-14(21)12-9-17-5-6-18-12)15(22)20-7-3-4-13(20)16(23)24;2-1-3/h5-6,9-11,13H,3-4,7-8H2,1-2H3,(H,19,21)(H,23,24);2-3H/t11?,13-;/m0./s1. The first-order chi connectivity index (χ1) is 12.8. The molecule has 0 aromatic carbocycles. The second-order valence-corrected chi connectivity index (χ2v) is 6.39. The number of aliphatic carboxylic acids is 1. The topological polar surface area (TPSA) is 153 Å². The van der Waals surface area contributed by atoms with Gasteiger partial charge in [0.25, 0.3) is 5.91 Å². The number of carbonyl (C=O) groups is 3. The highest BCUT2D eigenvalue weighted by Gasteiger charge is 2.37. The molecule has 1 aliphatic heterocycles. The Labute approximate surface area is 157 Å². The Morgan fingerprint density at radius 3 is 2.52 bits per heavy atom. The van der Waals surface area contributed by atoms with E-state index in [4.69, 9.17) is 10.0 Å². The number of likely N-dealkylation sites (tertiary alicyclic amines) is 1.